The molecular weight excluding hydrogens is 459 g/mol. The van der Waals surface area contributed by atoms with E-state index in [-0.39, 0.29) is 29.3 Å². The quantitative estimate of drug-likeness (QED) is 0.659. The predicted molar refractivity (Wildman–Crippen MR) is 121 cm³/mol. The second-order valence-corrected chi connectivity index (χ2v) is 10.8. The molecule has 0 bridgehead atoms. The topological polar surface area (TPSA) is 92.8 Å². The first kappa shape index (κ1) is 22.7. The summed E-state index contributed by atoms with van der Waals surface area (Å²) in [7, 11) is -4.07. The highest BCUT2D eigenvalue weighted by Gasteiger charge is 2.58. The first-order chi connectivity index (χ1) is 16.2. The molecule has 7 nitrogen and oxygen atoms in total. The fraction of sp³-hybridized carbons (Fsp3) is 0.360. The molecule has 2 saturated heterocycles. The number of sulfonamides is 1. The molecule has 1 aliphatic carbocycles. The third-order valence-corrected chi connectivity index (χ3v) is 8.83. The van der Waals surface area contributed by atoms with Gasteiger partial charge in [0.15, 0.2) is 0 Å². The highest BCUT2D eigenvalue weighted by atomic mass is 32.2. The molecular formula is C25H25FN2O5S. The third-order valence-electron chi connectivity index (χ3n) is 6.98. The summed E-state index contributed by atoms with van der Waals surface area (Å²) >= 11 is 0. The van der Waals surface area contributed by atoms with Gasteiger partial charge in [-0.2, -0.15) is 4.31 Å². The lowest BCUT2D eigenvalue weighted by atomic mass is 9.71. The first-order valence-electron chi connectivity index (χ1n) is 11.3. The van der Waals surface area contributed by atoms with E-state index in [4.69, 9.17) is 4.74 Å². The number of aryl methyl sites for hydroxylation is 1. The van der Waals surface area contributed by atoms with Crippen LogP contribution in [0.5, 0.6) is 0 Å². The number of carbonyl (C=O) groups is 2. The molecule has 0 unspecified atom stereocenters. The van der Waals surface area contributed by atoms with Crippen LogP contribution in [0.4, 0.5) is 4.39 Å². The SMILES string of the molecule is CCOC1=C2[C@@H](CN(S(=O)(=O)c3ccc(C)cc3)[C@H]2c2ccccc2F)[C@H]2C(=O)NC(=O)[C@H]2C1. The number of carbonyl (C=O) groups excluding carboxylic acids is 2. The van der Waals surface area contributed by atoms with Crippen LogP contribution in [0.15, 0.2) is 64.8 Å². The summed E-state index contributed by atoms with van der Waals surface area (Å²) in [4.78, 5) is 25.3. The van der Waals surface area contributed by atoms with Crippen molar-refractivity contribution in [1.29, 1.82) is 0 Å². The second-order valence-electron chi connectivity index (χ2n) is 8.92. The van der Waals surface area contributed by atoms with E-state index in [1.165, 1.54) is 22.5 Å². The zero-order chi connectivity index (χ0) is 24.2. The van der Waals surface area contributed by atoms with Crippen LogP contribution < -0.4 is 5.32 Å². The van der Waals surface area contributed by atoms with Crippen LogP contribution in [0.3, 0.4) is 0 Å². The van der Waals surface area contributed by atoms with Gasteiger partial charge < -0.3 is 4.74 Å². The molecule has 2 amide bonds. The van der Waals surface area contributed by atoms with Crippen molar-refractivity contribution >= 4 is 21.8 Å². The third kappa shape index (κ3) is 3.45. The van der Waals surface area contributed by atoms with Crippen LogP contribution in [0.25, 0.3) is 0 Å². The highest BCUT2D eigenvalue weighted by molar-refractivity contribution is 7.89. The Morgan fingerprint density at radius 1 is 1.06 bits per heavy atom. The number of ether oxygens (including phenoxy) is 1. The van der Waals surface area contributed by atoms with Gasteiger partial charge in [-0.3, -0.25) is 14.9 Å². The van der Waals surface area contributed by atoms with Crippen LogP contribution in [-0.2, 0) is 24.3 Å². The van der Waals surface area contributed by atoms with Crippen LogP contribution >= 0.6 is 0 Å². The van der Waals surface area contributed by atoms with Gasteiger partial charge in [-0.1, -0.05) is 35.9 Å². The number of allylic oxidation sites excluding steroid dienone is 1. The van der Waals surface area contributed by atoms with Crippen LogP contribution in [0, 0.1) is 30.5 Å². The minimum absolute atomic E-state index is 0.0526. The van der Waals surface area contributed by atoms with Crippen molar-refractivity contribution in [3.8, 4) is 0 Å². The number of benzene rings is 2. The summed E-state index contributed by atoms with van der Waals surface area (Å²) < 4.78 is 50.0. The summed E-state index contributed by atoms with van der Waals surface area (Å²) in [5, 5.41) is 2.39. The lowest BCUT2D eigenvalue weighted by molar-refractivity contribution is -0.126. The zero-order valence-electron chi connectivity index (χ0n) is 18.8. The van der Waals surface area contributed by atoms with E-state index < -0.39 is 45.5 Å². The summed E-state index contributed by atoms with van der Waals surface area (Å²) in [6.45, 7) is 3.90. The molecule has 0 saturated carbocycles. The van der Waals surface area contributed by atoms with Gasteiger partial charge in [-0.05, 0) is 37.6 Å². The first-order valence-corrected chi connectivity index (χ1v) is 12.7. The van der Waals surface area contributed by atoms with Crippen molar-refractivity contribution in [1.82, 2.24) is 9.62 Å². The van der Waals surface area contributed by atoms with Crippen LogP contribution in [-0.4, -0.2) is 37.7 Å². The maximum absolute atomic E-state index is 15.1. The number of nitrogens with zero attached hydrogens (tertiary/aromatic N) is 1. The van der Waals surface area contributed by atoms with E-state index in [2.05, 4.69) is 5.32 Å². The van der Waals surface area contributed by atoms with Gasteiger partial charge >= 0.3 is 0 Å². The van der Waals surface area contributed by atoms with E-state index in [1.54, 1.807) is 37.3 Å². The van der Waals surface area contributed by atoms with E-state index >= 15 is 4.39 Å². The lowest BCUT2D eigenvalue weighted by Crippen LogP contribution is -2.35. The molecule has 2 fully saturated rings. The van der Waals surface area contributed by atoms with E-state index in [0.717, 1.165) is 5.56 Å². The number of halogens is 1. The molecule has 3 aliphatic rings. The van der Waals surface area contributed by atoms with E-state index in [9.17, 15) is 18.0 Å². The Bertz CT molecular complexity index is 1300. The zero-order valence-corrected chi connectivity index (χ0v) is 19.6. The van der Waals surface area contributed by atoms with Crippen molar-refractivity contribution in [2.24, 2.45) is 17.8 Å². The average Bonchev–Trinajstić information content (AvgIpc) is 3.33. The van der Waals surface area contributed by atoms with E-state index in [0.29, 0.717) is 17.9 Å². The largest absolute Gasteiger partial charge is 0.498 e. The Hall–Kier alpha value is -3.04. The molecule has 34 heavy (non-hydrogen) atoms. The van der Waals surface area contributed by atoms with Gasteiger partial charge in [-0.15, -0.1) is 0 Å². The fourth-order valence-corrected chi connectivity index (χ4v) is 7.10. The Kier molecular flexibility index (Phi) is 5.56. The Labute approximate surface area is 197 Å². The Morgan fingerprint density at radius 2 is 1.76 bits per heavy atom. The molecule has 0 radical (unpaired) electrons. The van der Waals surface area contributed by atoms with Crippen molar-refractivity contribution in [2.75, 3.05) is 13.2 Å². The lowest BCUT2D eigenvalue weighted by Gasteiger charge is -2.32. The van der Waals surface area contributed by atoms with Crippen LogP contribution in [0.2, 0.25) is 0 Å². The average molecular weight is 485 g/mol. The molecule has 2 aromatic carbocycles. The maximum atomic E-state index is 15.1. The molecule has 9 heteroatoms. The normalized spacial score (nSPS) is 26.9. The molecule has 0 spiro atoms. The fourth-order valence-electron chi connectivity index (χ4n) is 5.48. The number of imide groups is 1. The molecule has 2 aromatic rings. The van der Waals surface area contributed by atoms with Crippen molar-refractivity contribution in [3.05, 3.63) is 76.8 Å². The molecule has 1 N–H and O–H groups in total. The number of nitrogens with one attached hydrogen (secondary N) is 1. The standard InChI is InChI=1S/C25H25FN2O5S/c1-3-33-20-12-17-21(25(30)27-24(17)29)18-13-28(34(31,32)15-10-8-14(2)9-11-15)23(22(18)20)16-6-4-5-7-19(16)26/h4-11,17-18,21,23H,3,12-13H2,1-2H3,(H,27,29,30)/t17-,18-,21-,23-/m0/s1. The number of rotatable bonds is 5. The summed E-state index contributed by atoms with van der Waals surface area (Å²) in [5.74, 6) is -2.84. The molecule has 5 rings (SSSR count). The molecule has 0 aromatic heterocycles. The smallest absolute Gasteiger partial charge is 0.243 e. The Balaban J connectivity index is 1.72. The van der Waals surface area contributed by atoms with Crippen molar-refractivity contribution in [3.63, 3.8) is 0 Å². The minimum atomic E-state index is -4.07. The van der Waals surface area contributed by atoms with Crippen molar-refractivity contribution < 1.29 is 27.1 Å². The van der Waals surface area contributed by atoms with Gasteiger partial charge in [0.25, 0.3) is 0 Å². The monoisotopic (exact) mass is 484 g/mol. The van der Waals surface area contributed by atoms with Gasteiger partial charge in [0.05, 0.1) is 35.1 Å². The Morgan fingerprint density at radius 3 is 2.44 bits per heavy atom. The minimum Gasteiger partial charge on any atom is -0.498 e. The summed E-state index contributed by atoms with van der Waals surface area (Å²) in [6.07, 6.45) is 0.172. The van der Waals surface area contributed by atoms with Gasteiger partial charge in [0, 0.05) is 24.4 Å². The number of amides is 2. The number of hydrogen-bond acceptors (Lipinski definition) is 5. The van der Waals surface area contributed by atoms with Gasteiger partial charge in [0.2, 0.25) is 21.8 Å². The molecule has 4 atom stereocenters. The van der Waals surface area contributed by atoms with Crippen molar-refractivity contribution in [2.45, 2.75) is 31.2 Å². The molecule has 2 heterocycles. The maximum Gasteiger partial charge on any atom is 0.243 e. The predicted octanol–water partition coefficient (Wildman–Crippen LogP) is 3.08. The number of hydrogen-bond donors (Lipinski definition) is 1. The van der Waals surface area contributed by atoms with Crippen LogP contribution in [0.1, 0.15) is 30.5 Å². The summed E-state index contributed by atoms with van der Waals surface area (Å²) in [6, 6.07) is 11.5. The van der Waals surface area contributed by atoms with E-state index in [1.807, 2.05) is 6.92 Å². The molecule has 2 aliphatic heterocycles. The van der Waals surface area contributed by atoms with Gasteiger partial charge in [0.1, 0.15) is 5.82 Å². The summed E-state index contributed by atoms with van der Waals surface area (Å²) in [5.41, 5.74) is 1.66. The molecule has 178 valence electrons. The highest BCUT2D eigenvalue weighted by Crippen LogP contribution is 2.54. The number of fused-ring (bicyclic) bond motifs is 3. The van der Waals surface area contributed by atoms with Gasteiger partial charge in [-0.25, -0.2) is 12.8 Å². The second kappa shape index (κ2) is 8.32.